The first-order valence-electron chi connectivity index (χ1n) is 7.54. The van der Waals surface area contributed by atoms with Gasteiger partial charge in [0.15, 0.2) is 5.82 Å². The van der Waals surface area contributed by atoms with Crippen LogP contribution in [0.4, 0.5) is 14.6 Å². The lowest BCUT2D eigenvalue weighted by molar-refractivity contribution is -0.0498. The number of aromatic nitrogens is 2. The monoisotopic (exact) mass is 371 g/mol. The Balaban J connectivity index is 1.75. The lowest BCUT2D eigenvalue weighted by Gasteiger charge is -2.34. The first-order chi connectivity index (χ1) is 12.1. The number of hydrogen-bond donors (Lipinski definition) is 0. The molecule has 0 radical (unpaired) electrons. The third kappa shape index (κ3) is 4.26. The van der Waals surface area contributed by atoms with E-state index in [4.69, 9.17) is 21.1 Å². The van der Waals surface area contributed by atoms with Gasteiger partial charge in [0.25, 0.3) is 0 Å². The van der Waals surface area contributed by atoms with Gasteiger partial charge in [-0.25, -0.2) is 4.98 Å². The van der Waals surface area contributed by atoms with Gasteiger partial charge in [-0.3, -0.25) is 0 Å². The van der Waals surface area contributed by atoms with Crippen molar-refractivity contribution in [3.63, 3.8) is 0 Å². The van der Waals surface area contributed by atoms with E-state index in [0.29, 0.717) is 30.5 Å². The predicted octanol–water partition coefficient (Wildman–Crippen LogP) is 3.32. The maximum absolute atomic E-state index is 12.2. The first-order valence-corrected chi connectivity index (χ1v) is 7.92. The Labute approximate surface area is 148 Å². The van der Waals surface area contributed by atoms with Crippen LogP contribution in [-0.2, 0) is 4.74 Å². The average molecular weight is 372 g/mol. The minimum atomic E-state index is -2.85. The summed E-state index contributed by atoms with van der Waals surface area (Å²) in [6, 6.07) is 6.62. The molecule has 134 valence electrons. The van der Waals surface area contributed by atoms with Gasteiger partial charge in [0.1, 0.15) is 16.9 Å². The summed E-state index contributed by atoms with van der Waals surface area (Å²) in [5.74, 6) is 0.675. The second-order valence-electron chi connectivity index (χ2n) is 5.28. The zero-order chi connectivity index (χ0) is 17.8. The van der Waals surface area contributed by atoms with Crippen LogP contribution in [0, 0.1) is 0 Å². The normalized spacial score (nSPS) is 17.6. The highest BCUT2D eigenvalue weighted by Crippen LogP contribution is 2.30. The zero-order valence-corrected chi connectivity index (χ0v) is 14.1. The Kier molecular flexibility index (Phi) is 5.50. The van der Waals surface area contributed by atoms with Gasteiger partial charge in [0, 0.05) is 13.1 Å². The molecule has 25 heavy (non-hydrogen) atoms. The highest BCUT2D eigenvalue weighted by atomic mass is 35.5. The van der Waals surface area contributed by atoms with Gasteiger partial charge >= 0.3 is 12.6 Å². The van der Waals surface area contributed by atoms with Crippen molar-refractivity contribution in [2.45, 2.75) is 12.7 Å². The molecule has 1 aromatic heterocycles. The van der Waals surface area contributed by atoms with E-state index in [1.165, 1.54) is 25.4 Å². The fraction of sp³-hybridized carbons (Fsp3) is 0.375. The molecular weight excluding hydrogens is 356 g/mol. The second-order valence-corrected chi connectivity index (χ2v) is 5.69. The molecular formula is C16H16ClF2N3O3. The van der Waals surface area contributed by atoms with Crippen molar-refractivity contribution in [1.82, 2.24) is 9.97 Å². The number of hydrogen-bond acceptors (Lipinski definition) is 6. The van der Waals surface area contributed by atoms with Gasteiger partial charge in [-0.05, 0) is 17.7 Å². The summed E-state index contributed by atoms with van der Waals surface area (Å²) >= 11 is 6.20. The number of nitrogens with zero attached hydrogens (tertiary/aromatic N) is 3. The SMILES string of the molecule is COc1ncc(Cl)c(N2CCOC(c3ccc(OC(F)F)cc3)C2)n1. The van der Waals surface area contributed by atoms with Crippen molar-refractivity contribution >= 4 is 17.4 Å². The van der Waals surface area contributed by atoms with E-state index in [2.05, 4.69) is 14.7 Å². The van der Waals surface area contributed by atoms with Crippen molar-refractivity contribution in [3.05, 3.63) is 41.0 Å². The number of morpholine rings is 1. The van der Waals surface area contributed by atoms with Crippen molar-refractivity contribution in [1.29, 1.82) is 0 Å². The molecule has 6 nitrogen and oxygen atoms in total. The van der Waals surface area contributed by atoms with Crippen LogP contribution in [0.25, 0.3) is 0 Å². The molecule has 9 heteroatoms. The molecule has 1 atom stereocenters. The molecule has 1 unspecified atom stereocenters. The van der Waals surface area contributed by atoms with Crippen LogP contribution in [0.15, 0.2) is 30.5 Å². The summed E-state index contributed by atoms with van der Waals surface area (Å²) < 4.78 is 39.6. The lowest BCUT2D eigenvalue weighted by Crippen LogP contribution is -2.39. The molecule has 0 amide bonds. The molecule has 1 fully saturated rings. The first kappa shape index (κ1) is 17.6. The topological polar surface area (TPSA) is 56.7 Å². The molecule has 1 aromatic carbocycles. The predicted molar refractivity (Wildman–Crippen MR) is 87.6 cm³/mol. The molecule has 2 heterocycles. The molecule has 0 saturated carbocycles. The van der Waals surface area contributed by atoms with Crippen molar-refractivity contribution < 1.29 is 23.0 Å². The molecule has 1 aliphatic heterocycles. The molecule has 3 rings (SSSR count). The minimum absolute atomic E-state index is 0.106. The molecule has 0 N–H and O–H groups in total. The molecule has 0 spiro atoms. The Morgan fingerprint density at radius 1 is 1.32 bits per heavy atom. The smallest absolute Gasteiger partial charge is 0.387 e. The summed E-state index contributed by atoms with van der Waals surface area (Å²) in [5.41, 5.74) is 0.850. The highest BCUT2D eigenvalue weighted by Gasteiger charge is 2.25. The van der Waals surface area contributed by atoms with Gasteiger partial charge in [-0.15, -0.1) is 0 Å². The Hall–Kier alpha value is -2.19. The van der Waals surface area contributed by atoms with Crippen molar-refractivity contribution in [3.8, 4) is 11.8 Å². The Morgan fingerprint density at radius 3 is 2.76 bits per heavy atom. The van der Waals surface area contributed by atoms with Gasteiger partial charge < -0.3 is 19.1 Å². The summed E-state index contributed by atoms with van der Waals surface area (Å²) in [7, 11) is 1.48. The van der Waals surface area contributed by atoms with Crippen LogP contribution in [0.5, 0.6) is 11.8 Å². The van der Waals surface area contributed by atoms with Gasteiger partial charge in [-0.2, -0.15) is 13.8 Å². The summed E-state index contributed by atoms with van der Waals surface area (Å²) in [6.07, 6.45) is 1.25. The van der Waals surface area contributed by atoms with E-state index in [1.807, 2.05) is 4.90 Å². The van der Waals surface area contributed by atoms with Crippen LogP contribution < -0.4 is 14.4 Å². The maximum atomic E-state index is 12.2. The maximum Gasteiger partial charge on any atom is 0.387 e. The summed E-state index contributed by atoms with van der Waals surface area (Å²) in [5, 5.41) is 0.419. The Bertz CT molecular complexity index is 718. The fourth-order valence-electron chi connectivity index (χ4n) is 2.57. The largest absolute Gasteiger partial charge is 0.467 e. The molecule has 1 aliphatic rings. The molecule has 0 bridgehead atoms. The third-order valence-electron chi connectivity index (χ3n) is 3.73. The lowest BCUT2D eigenvalue weighted by atomic mass is 10.1. The fourth-order valence-corrected chi connectivity index (χ4v) is 2.78. The van der Waals surface area contributed by atoms with Crippen LogP contribution in [0.3, 0.4) is 0 Å². The van der Waals surface area contributed by atoms with Gasteiger partial charge in [0.05, 0.1) is 19.9 Å². The Morgan fingerprint density at radius 2 is 2.08 bits per heavy atom. The third-order valence-corrected chi connectivity index (χ3v) is 4.00. The zero-order valence-electron chi connectivity index (χ0n) is 13.4. The quantitative estimate of drug-likeness (QED) is 0.803. The second kappa shape index (κ2) is 7.79. The number of halogens is 3. The van der Waals surface area contributed by atoms with Gasteiger partial charge in [0.2, 0.25) is 0 Å². The highest BCUT2D eigenvalue weighted by molar-refractivity contribution is 6.32. The van der Waals surface area contributed by atoms with Crippen LogP contribution in [-0.4, -0.2) is 43.4 Å². The van der Waals surface area contributed by atoms with Crippen LogP contribution >= 0.6 is 11.6 Å². The van der Waals surface area contributed by atoms with Crippen LogP contribution in [0.2, 0.25) is 5.02 Å². The average Bonchev–Trinajstić information content (AvgIpc) is 2.62. The standard InChI is InChI=1S/C16H16ClF2N3O3/c1-23-16-20-8-12(17)14(21-16)22-6-7-24-13(9-22)10-2-4-11(5-3-10)25-15(18)19/h2-5,8,13,15H,6-7,9H2,1H3. The van der Waals surface area contributed by atoms with Gasteiger partial charge in [-0.1, -0.05) is 23.7 Å². The molecule has 2 aromatic rings. The van der Waals surface area contributed by atoms with E-state index in [-0.39, 0.29) is 17.9 Å². The van der Waals surface area contributed by atoms with E-state index >= 15 is 0 Å². The van der Waals surface area contributed by atoms with Crippen LogP contribution in [0.1, 0.15) is 11.7 Å². The van der Waals surface area contributed by atoms with E-state index in [1.54, 1.807) is 12.1 Å². The number of rotatable bonds is 5. The number of alkyl halides is 2. The number of ether oxygens (including phenoxy) is 3. The van der Waals surface area contributed by atoms with Crippen molar-refractivity contribution in [2.24, 2.45) is 0 Å². The summed E-state index contributed by atoms with van der Waals surface area (Å²) in [4.78, 5) is 10.2. The van der Waals surface area contributed by atoms with Crippen molar-refractivity contribution in [2.75, 3.05) is 31.7 Å². The van der Waals surface area contributed by atoms with E-state index in [0.717, 1.165) is 5.56 Å². The number of methoxy groups -OCH3 is 1. The number of benzene rings is 1. The summed E-state index contributed by atoms with van der Waals surface area (Å²) in [6.45, 7) is -1.25. The molecule has 0 aliphatic carbocycles. The number of anilines is 1. The van der Waals surface area contributed by atoms with E-state index in [9.17, 15) is 8.78 Å². The molecule has 1 saturated heterocycles. The van der Waals surface area contributed by atoms with E-state index < -0.39 is 6.61 Å². The minimum Gasteiger partial charge on any atom is -0.467 e.